The predicted octanol–water partition coefficient (Wildman–Crippen LogP) is 3.49. The second-order valence-corrected chi connectivity index (χ2v) is 8.81. The van der Waals surface area contributed by atoms with Crippen LogP contribution in [0.15, 0.2) is 77.9 Å². The lowest BCUT2D eigenvalue weighted by atomic mass is 10.0. The summed E-state index contributed by atoms with van der Waals surface area (Å²) in [6.07, 6.45) is 2.96. The summed E-state index contributed by atoms with van der Waals surface area (Å²) >= 11 is 0. The monoisotopic (exact) mass is 506 g/mol. The molecule has 0 bridgehead atoms. The zero-order valence-corrected chi connectivity index (χ0v) is 21.2. The highest BCUT2D eigenvalue weighted by Gasteiger charge is 2.23. The van der Waals surface area contributed by atoms with Crippen LogP contribution in [0.4, 0.5) is 5.82 Å². The van der Waals surface area contributed by atoms with E-state index < -0.39 is 11.9 Å². The molecule has 0 radical (unpaired) electrons. The van der Waals surface area contributed by atoms with Crippen LogP contribution in [-0.4, -0.2) is 38.3 Å². The first-order valence-corrected chi connectivity index (χ1v) is 12.1. The smallest absolute Gasteiger partial charge is 0.264 e. The molecule has 0 spiro atoms. The number of nitrogens with zero attached hydrogens (tertiary/aromatic N) is 4. The first-order valence-electron chi connectivity index (χ1n) is 12.1. The number of para-hydroxylation sites is 1. The number of hydrogen-bond acceptors (Lipinski definition) is 6. The van der Waals surface area contributed by atoms with Crippen molar-refractivity contribution in [1.82, 2.24) is 24.5 Å². The molecule has 0 saturated heterocycles. The van der Waals surface area contributed by atoms with Gasteiger partial charge in [0.05, 0.1) is 11.4 Å². The minimum atomic E-state index is -0.568. The second-order valence-electron chi connectivity index (χ2n) is 8.81. The maximum Gasteiger partial charge on any atom is 0.264 e. The number of aromatic nitrogens is 4. The number of hydrogen-bond donors (Lipinski definition) is 2. The molecule has 38 heavy (non-hydrogen) atoms. The molecule has 0 fully saturated rings. The number of pyridine rings is 1. The van der Waals surface area contributed by atoms with Crippen LogP contribution in [-0.2, 0) is 4.74 Å². The summed E-state index contributed by atoms with van der Waals surface area (Å²) in [4.78, 5) is 31.6. The number of benzene rings is 2. The average molecular weight is 507 g/mol. The Morgan fingerprint density at radius 1 is 1.11 bits per heavy atom. The normalized spacial score (nSPS) is 12.6. The predicted molar refractivity (Wildman–Crippen MR) is 146 cm³/mol. The van der Waals surface area contributed by atoms with Gasteiger partial charge in [0.2, 0.25) is 0 Å². The summed E-state index contributed by atoms with van der Waals surface area (Å²) in [6, 6.07) is 17.9. The van der Waals surface area contributed by atoms with E-state index in [9.17, 15) is 9.59 Å². The number of ether oxygens (including phenoxy) is 1. The standard InChI is InChI=1S/C29H26N6O3/c1-18(38-3)13-14-20-9-7-10-21-17-23(35(29(37)24(20)21)22-11-5-4-6-12-22)19(2)32-28(36)25-26(30)33-34-16-8-15-31-27(25)34/h4-12,15-19H,1-3H3,(H2,30,33)(H,32,36)/t18?,19-/m1/s1. The number of fused-ring (bicyclic) bond motifs is 2. The number of carbonyl (C=O) groups is 1. The lowest BCUT2D eigenvalue weighted by Gasteiger charge is -2.21. The Morgan fingerprint density at radius 3 is 2.66 bits per heavy atom. The van der Waals surface area contributed by atoms with Crippen molar-refractivity contribution in [3.63, 3.8) is 0 Å². The number of amides is 1. The van der Waals surface area contributed by atoms with E-state index in [-0.39, 0.29) is 23.0 Å². The molecule has 190 valence electrons. The van der Waals surface area contributed by atoms with Crippen molar-refractivity contribution >= 4 is 28.1 Å². The van der Waals surface area contributed by atoms with Crippen molar-refractivity contribution in [2.75, 3.05) is 12.8 Å². The van der Waals surface area contributed by atoms with Crippen LogP contribution in [0.2, 0.25) is 0 Å². The van der Waals surface area contributed by atoms with Crippen molar-refractivity contribution in [2.24, 2.45) is 0 Å². The van der Waals surface area contributed by atoms with Crippen LogP contribution >= 0.6 is 0 Å². The molecule has 5 rings (SSSR count). The number of methoxy groups -OCH3 is 1. The molecule has 1 unspecified atom stereocenters. The molecule has 3 N–H and O–H groups in total. The molecule has 3 heterocycles. The highest BCUT2D eigenvalue weighted by molar-refractivity contribution is 6.04. The summed E-state index contributed by atoms with van der Waals surface area (Å²) in [5.41, 5.74) is 8.21. The van der Waals surface area contributed by atoms with Gasteiger partial charge in [-0.15, -0.1) is 5.10 Å². The third-order valence-electron chi connectivity index (χ3n) is 6.29. The molecule has 9 nitrogen and oxygen atoms in total. The molecular formula is C29H26N6O3. The number of nitrogen functional groups attached to an aromatic ring is 1. The lowest BCUT2D eigenvalue weighted by molar-refractivity contribution is 0.0941. The number of anilines is 1. The summed E-state index contributed by atoms with van der Waals surface area (Å²) in [7, 11) is 1.59. The Kier molecular flexibility index (Phi) is 6.64. The molecular weight excluding hydrogens is 480 g/mol. The summed E-state index contributed by atoms with van der Waals surface area (Å²) in [6.45, 7) is 3.66. The third-order valence-corrected chi connectivity index (χ3v) is 6.29. The fourth-order valence-electron chi connectivity index (χ4n) is 4.35. The minimum Gasteiger partial charge on any atom is -0.381 e. The van der Waals surface area contributed by atoms with Gasteiger partial charge < -0.3 is 15.8 Å². The number of carbonyl (C=O) groups excluding carboxylic acids is 1. The van der Waals surface area contributed by atoms with Crippen LogP contribution in [0.25, 0.3) is 22.1 Å². The van der Waals surface area contributed by atoms with Gasteiger partial charge in [0.15, 0.2) is 11.5 Å². The van der Waals surface area contributed by atoms with Gasteiger partial charge in [-0.25, -0.2) is 9.50 Å². The zero-order valence-electron chi connectivity index (χ0n) is 21.2. The van der Waals surface area contributed by atoms with E-state index in [2.05, 4.69) is 27.2 Å². The SMILES string of the molecule is COC(C)C#Cc1cccc2cc([C@@H](C)NC(=O)c3c(N)nn4cccnc34)n(-c3ccccc3)c(=O)c12. The molecule has 1 amide bonds. The van der Waals surface area contributed by atoms with Crippen molar-refractivity contribution in [3.05, 3.63) is 100 Å². The summed E-state index contributed by atoms with van der Waals surface area (Å²) in [5.74, 6) is 5.75. The summed E-state index contributed by atoms with van der Waals surface area (Å²) < 4.78 is 8.31. The maximum atomic E-state index is 14.0. The van der Waals surface area contributed by atoms with Gasteiger partial charge in [-0.1, -0.05) is 42.2 Å². The molecule has 0 aliphatic carbocycles. The van der Waals surface area contributed by atoms with Crippen LogP contribution in [0, 0.1) is 11.8 Å². The lowest BCUT2D eigenvalue weighted by Crippen LogP contribution is -2.32. The van der Waals surface area contributed by atoms with E-state index in [0.29, 0.717) is 33.4 Å². The second kappa shape index (κ2) is 10.2. The van der Waals surface area contributed by atoms with Gasteiger partial charge in [-0.3, -0.25) is 14.2 Å². The zero-order chi connectivity index (χ0) is 26.8. The van der Waals surface area contributed by atoms with E-state index in [0.717, 1.165) is 0 Å². The Balaban J connectivity index is 1.65. The van der Waals surface area contributed by atoms with E-state index in [1.807, 2.05) is 68.4 Å². The van der Waals surface area contributed by atoms with Gasteiger partial charge in [0.25, 0.3) is 11.5 Å². The van der Waals surface area contributed by atoms with E-state index in [4.69, 9.17) is 10.5 Å². The van der Waals surface area contributed by atoms with Crippen molar-refractivity contribution in [1.29, 1.82) is 0 Å². The highest BCUT2D eigenvalue weighted by atomic mass is 16.5. The van der Waals surface area contributed by atoms with Crippen molar-refractivity contribution in [3.8, 4) is 17.5 Å². The molecule has 3 aromatic heterocycles. The van der Waals surface area contributed by atoms with Crippen LogP contribution in [0.1, 0.15) is 41.5 Å². The quantitative estimate of drug-likeness (QED) is 0.353. The van der Waals surface area contributed by atoms with Crippen molar-refractivity contribution < 1.29 is 9.53 Å². The fraction of sp³-hybridized carbons (Fsp3) is 0.172. The average Bonchev–Trinajstić information content (AvgIpc) is 3.27. The van der Waals surface area contributed by atoms with E-state index >= 15 is 0 Å². The molecule has 2 aromatic carbocycles. The third kappa shape index (κ3) is 4.49. The first kappa shape index (κ1) is 24.7. The molecule has 5 aromatic rings. The summed E-state index contributed by atoms with van der Waals surface area (Å²) in [5, 5.41) is 8.36. The topological polar surface area (TPSA) is 117 Å². The highest BCUT2D eigenvalue weighted by Crippen LogP contribution is 2.24. The Bertz CT molecular complexity index is 1780. The Labute approximate surface area is 218 Å². The van der Waals surface area contributed by atoms with Gasteiger partial charge >= 0.3 is 0 Å². The molecule has 9 heteroatoms. The minimum absolute atomic E-state index is 0.0702. The molecule has 0 aliphatic rings. The first-order chi connectivity index (χ1) is 18.4. The Hall–Kier alpha value is -4.94. The van der Waals surface area contributed by atoms with Crippen LogP contribution in [0.3, 0.4) is 0 Å². The molecule has 0 saturated carbocycles. The van der Waals surface area contributed by atoms with Gasteiger partial charge in [0.1, 0.15) is 11.7 Å². The van der Waals surface area contributed by atoms with E-state index in [1.165, 1.54) is 4.52 Å². The van der Waals surface area contributed by atoms with Gasteiger partial charge in [-0.05, 0) is 49.6 Å². The van der Waals surface area contributed by atoms with Gasteiger partial charge in [0, 0.05) is 36.4 Å². The largest absolute Gasteiger partial charge is 0.381 e. The van der Waals surface area contributed by atoms with Crippen LogP contribution in [0.5, 0.6) is 0 Å². The van der Waals surface area contributed by atoms with E-state index in [1.54, 1.807) is 30.1 Å². The number of rotatable bonds is 5. The number of nitrogens with one attached hydrogen (secondary N) is 1. The Morgan fingerprint density at radius 2 is 1.89 bits per heavy atom. The van der Waals surface area contributed by atoms with Crippen LogP contribution < -0.4 is 16.6 Å². The fourth-order valence-corrected chi connectivity index (χ4v) is 4.35. The van der Waals surface area contributed by atoms with Crippen molar-refractivity contribution in [2.45, 2.75) is 26.0 Å². The molecule has 0 aliphatic heterocycles. The van der Waals surface area contributed by atoms with Gasteiger partial charge in [-0.2, -0.15) is 0 Å². The number of nitrogens with two attached hydrogens (primary N) is 1. The molecule has 2 atom stereocenters. The maximum absolute atomic E-state index is 14.0.